The molecule has 21 heavy (non-hydrogen) atoms. The van der Waals surface area contributed by atoms with Gasteiger partial charge in [-0.1, -0.05) is 24.3 Å². The first-order valence-electron chi connectivity index (χ1n) is 6.54. The van der Waals surface area contributed by atoms with Crippen LogP contribution in [0.25, 0.3) is 22.7 Å². The second kappa shape index (κ2) is 5.14. The maximum atomic E-state index is 9.79. The van der Waals surface area contributed by atoms with Crippen molar-refractivity contribution < 1.29 is 5.11 Å². The summed E-state index contributed by atoms with van der Waals surface area (Å²) >= 11 is 0. The number of benzene rings is 2. The normalized spacial score (nSPS) is 11.5. The molecule has 0 saturated heterocycles. The Balaban J connectivity index is 2.10. The molecule has 0 atom stereocenters. The minimum Gasteiger partial charge on any atom is -0.507 e. The van der Waals surface area contributed by atoms with Crippen molar-refractivity contribution in [3.63, 3.8) is 0 Å². The van der Waals surface area contributed by atoms with Crippen molar-refractivity contribution in [2.24, 2.45) is 0 Å². The number of aromatic nitrogens is 2. The summed E-state index contributed by atoms with van der Waals surface area (Å²) in [6.07, 6.45) is 1.62. The van der Waals surface area contributed by atoms with Crippen LogP contribution in [0.4, 0.5) is 0 Å². The van der Waals surface area contributed by atoms with Crippen LogP contribution in [0.2, 0.25) is 0 Å². The predicted octanol–water partition coefficient (Wildman–Crippen LogP) is 3.64. The predicted molar refractivity (Wildman–Crippen MR) is 82.4 cm³/mol. The molecule has 2 N–H and O–H groups in total. The topological polar surface area (TPSA) is 72.7 Å². The van der Waals surface area contributed by atoms with Gasteiger partial charge in [0, 0.05) is 5.56 Å². The second-order valence-corrected chi connectivity index (χ2v) is 4.83. The third kappa shape index (κ3) is 2.49. The first-order chi connectivity index (χ1) is 10.2. The summed E-state index contributed by atoms with van der Waals surface area (Å²) in [4.78, 5) is 7.57. The van der Waals surface area contributed by atoms with Crippen molar-refractivity contribution >= 4 is 22.7 Å². The number of nitrogens with zero attached hydrogens (tertiary/aromatic N) is 2. The number of hydrogen-bond donors (Lipinski definition) is 2. The number of fused-ring (bicyclic) bond motifs is 1. The fourth-order valence-corrected chi connectivity index (χ4v) is 2.17. The van der Waals surface area contributed by atoms with Gasteiger partial charge in [-0.3, -0.25) is 0 Å². The maximum Gasteiger partial charge on any atom is 0.149 e. The lowest BCUT2D eigenvalue weighted by atomic mass is 10.1. The molecule has 0 unspecified atom stereocenters. The SMILES string of the molecule is Cc1ccc2nc(C(C#N)=Cc3ccccc3O)[nH]c2c1. The van der Waals surface area contributed by atoms with Crippen LogP contribution in [-0.4, -0.2) is 15.1 Å². The van der Waals surface area contributed by atoms with E-state index in [1.807, 2.05) is 31.2 Å². The summed E-state index contributed by atoms with van der Waals surface area (Å²) in [5.41, 5.74) is 3.80. The first kappa shape index (κ1) is 12.9. The van der Waals surface area contributed by atoms with E-state index in [1.165, 1.54) is 0 Å². The third-order valence-electron chi connectivity index (χ3n) is 3.25. The molecule has 0 fully saturated rings. The van der Waals surface area contributed by atoms with Crippen LogP contribution in [0.1, 0.15) is 17.0 Å². The van der Waals surface area contributed by atoms with Crippen LogP contribution >= 0.6 is 0 Å². The van der Waals surface area contributed by atoms with E-state index in [4.69, 9.17) is 0 Å². The lowest BCUT2D eigenvalue weighted by molar-refractivity contribution is 0.474. The van der Waals surface area contributed by atoms with Crippen molar-refractivity contribution in [2.45, 2.75) is 6.92 Å². The maximum absolute atomic E-state index is 9.79. The van der Waals surface area contributed by atoms with Crippen LogP contribution in [-0.2, 0) is 0 Å². The van der Waals surface area contributed by atoms with Gasteiger partial charge in [-0.2, -0.15) is 5.26 Å². The number of aryl methyl sites for hydroxylation is 1. The van der Waals surface area contributed by atoms with Crippen LogP contribution in [0.15, 0.2) is 42.5 Å². The number of hydrogen-bond acceptors (Lipinski definition) is 3. The summed E-state index contributed by atoms with van der Waals surface area (Å²) in [5, 5.41) is 19.1. The van der Waals surface area contributed by atoms with Crippen molar-refractivity contribution in [2.75, 3.05) is 0 Å². The van der Waals surface area contributed by atoms with E-state index in [0.717, 1.165) is 16.6 Å². The van der Waals surface area contributed by atoms with Crippen LogP contribution in [0, 0.1) is 18.3 Å². The zero-order valence-electron chi connectivity index (χ0n) is 11.5. The fourth-order valence-electron chi connectivity index (χ4n) is 2.17. The van der Waals surface area contributed by atoms with Gasteiger partial charge in [0.05, 0.1) is 16.6 Å². The van der Waals surface area contributed by atoms with Gasteiger partial charge in [0.1, 0.15) is 17.6 Å². The highest BCUT2D eigenvalue weighted by Crippen LogP contribution is 2.23. The van der Waals surface area contributed by atoms with Gasteiger partial charge in [-0.15, -0.1) is 0 Å². The lowest BCUT2D eigenvalue weighted by Gasteiger charge is -1.98. The van der Waals surface area contributed by atoms with Crippen LogP contribution in [0.3, 0.4) is 0 Å². The van der Waals surface area contributed by atoms with E-state index in [9.17, 15) is 10.4 Å². The number of nitrogens with one attached hydrogen (secondary N) is 1. The number of H-pyrrole nitrogens is 1. The summed E-state index contributed by atoms with van der Waals surface area (Å²) in [6, 6.07) is 14.9. The monoisotopic (exact) mass is 275 g/mol. The van der Waals surface area contributed by atoms with E-state index in [2.05, 4.69) is 16.0 Å². The highest BCUT2D eigenvalue weighted by Gasteiger charge is 2.09. The molecule has 3 aromatic rings. The van der Waals surface area contributed by atoms with E-state index < -0.39 is 0 Å². The highest BCUT2D eigenvalue weighted by molar-refractivity contribution is 5.91. The summed E-state index contributed by atoms with van der Waals surface area (Å²) in [7, 11) is 0. The molecule has 0 radical (unpaired) electrons. The average Bonchev–Trinajstić information content (AvgIpc) is 2.89. The summed E-state index contributed by atoms with van der Waals surface area (Å²) < 4.78 is 0. The van der Waals surface area contributed by atoms with Gasteiger partial charge in [0.25, 0.3) is 0 Å². The van der Waals surface area contributed by atoms with Crippen molar-refractivity contribution in [3.8, 4) is 11.8 Å². The number of aromatic amines is 1. The molecule has 4 nitrogen and oxygen atoms in total. The summed E-state index contributed by atoms with van der Waals surface area (Å²) in [6.45, 7) is 2.00. The minimum atomic E-state index is 0.136. The van der Waals surface area contributed by atoms with Crippen molar-refractivity contribution in [1.82, 2.24) is 9.97 Å². The molecule has 4 heteroatoms. The lowest BCUT2D eigenvalue weighted by Crippen LogP contribution is -1.85. The zero-order valence-corrected chi connectivity index (χ0v) is 11.5. The quantitative estimate of drug-likeness (QED) is 0.701. The molecule has 0 amide bonds. The Morgan fingerprint density at radius 2 is 2.10 bits per heavy atom. The van der Waals surface area contributed by atoms with Gasteiger partial charge in [0.2, 0.25) is 0 Å². The molecular weight excluding hydrogens is 262 g/mol. The average molecular weight is 275 g/mol. The fraction of sp³-hybridized carbons (Fsp3) is 0.0588. The van der Waals surface area contributed by atoms with Crippen molar-refractivity contribution in [1.29, 1.82) is 5.26 Å². The number of allylic oxidation sites excluding steroid dienone is 1. The molecule has 1 heterocycles. The smallest absolute Gasteiger partial charge is 0.149 e. The molecule has 2 aromatic carbocycles. The Morgan fingerprint density at radius 3 is 2.86 bits per heavy atom. The molecule has 0 spiro atoms. The van der Waals surface area contributed by atoms with Gasteiger partial charge in [-0.05, 0) is 36.8 Å². The van der Waals surface area contributed by atoms with E-state index in [-0.39, 0.29) is 5.75 Å². The molecular formula is C17H13N3O. The first-order valence-corrected chi connectivity index (χ1v) is 6.54. The number of phenolic OH excluding ortho intramolecular Hbond substituents is 1. The molecule has 3 rings (SSSR count). The standard InChI is InChI=1S/C17H13N3O/c1-11-6-7-14-15(8-11)20-17(19-14)13(10-18)9-12-4-2-3-5-16(12)21/h2-9,21H,1H3,(H,19,20). The molecule has 0 bridgehead atoms. The van der Waals surface area contributed by atoms with Crippen LogP contribution in [0.5, 0.6) is 5.75 Å². The number of para-hydroxylation sites is 1. The number of rotatable bonds is 2. The molecule has 0 aliphatic rings. The number of nitriles is 1. The van der Waals surface area contributed by atoms with Gasteiger partial charge in [0.15, 0.2) is 0 Å². The molecule has 0 aliphatic carbocycles. The largest absolute Gasteiger partial charge is 0.507 e. The van der Waals surface area contributed by atoms with E-state index in [0.29, 0.717) is 17.0 Å². The summed E-state index contributed by atoms with van der Waals surface area (Å²) in [5.74, 6) is 0.638. The Morgan fingerprint density at radius 1 is 1.29 bits per heavy atom. The van der Waals surface area contributed by atoms with E-state index >= 15 is 0 Å². The van der Waals surface area contributed by atoms with Crippen molar-refractivity contribution in [3.05, 3.63) is 59.4 Å². The van der Waals surface area contributed by atoms with Gasteiger partial charge in [-0.25, -0.2) is 4.98 Å². The second-order valence-electron chi connectivity index (χ2n) is 4.83. The zero-order chi connectivity index (χ0) is 14.8. The third-order valence-corrected chi connectivity index (χ3v) is 3.25. The molecule has 1 aromatic heterocycles. The molecule has 102 valence electrons. The van der Waals surface area contributed by atoms with E-state index in [1.54, 1.807) is 24.3 Å². The molecule has 0 aliphatic heterocycles. The van der Waals surface area contributed by atoms with Crippen LogP contribution < -0.4 is 0 Å². The molecule has 0 saturated carbocycles. The minimum absolute atomic E-state index is 0.136. The number of aromatic hydroxyl groups is 1. The van der Waals surface area contributed by atoms with Gasteiger partial charge < -0.3 is 10.1 Å². The Labute approximate surface area is 122 Å². The Hall–Kier alpha value is -3.06. The highest BCUT2D eigenvalue weighted by atomic mass is 16.3. The Kier molecular flexibility index (Phi) is 3.17. The number of imidazole rings is 1. The Bertz CT molecular complexity index is 884. The number of phenols is 1. The van der Waals surface area contributed by atoms with Gasteiger partial charge >= 0.3 is 0 Å².